The van der Waals surface area contributed by atoms with E-state index >= 15 is 0 Å². The molecular weight excluding hydrogens is 310 g/mol. The molecule has 112 valence electrons. The van der Waals surface area contributed by atoms with E-state index in [0.29, 0.717) is 5.13 Å². The minimum Gasteiger partial charge on any atom is -0.379 e. The highest BCUT2D eigenvalue weighted by molar-refractivity contribution is 7.22. The van der Waals surface area contributed by atoms with Crippen LogP contribution in [-0.2, 0) is 16.1 Å². The van der Waals surface area contributed by atoms with Crippen LogP contribution in [-0.4, -0.2) is 48.0 Å². The Morgan fingerprint density at radius 3 is 3.00 bits per heavy atom. The number of nitrogens with one attached hydrogen (secondary N) is 1. The predicted molar refractivity (Wildman–Crippen MR) is 85.1 cm³/mol. The maximum atomic E-state index is 11.3. The summed E-state index contributed by atoms with van der Waals surface area (Å²) in [5, 5.41) is 3.29. The van der Waals surface area contributed by atoms with Gasteiger partial charge in [-0.2, -0.15) is 0 Å². The Kier molecular flexibility index (Phi) is 4.70. The molecule has 0 aliphatic carbocycles. The Labute approximate surface area is 131 Å². The van der Waals surface area contributed by atoms with Crippen LogP contribution >= 0.6 is 22.9 Å². The monoisotopic (exact) mass is 325 g/mol. The highest BCUT2D eigenvalue weighted by Crippen LogP contribution is 2.27. The first-order valence-corrected chi connectivity index (χ1v) is 8.15. The number of ether oxygens (including phenoxy) is 1. The number of carbonyl (C=O) groups is 1. The summed E-state index contributed by atoms with van der Waals surface area (Å²) >= 11 is 6.96. The Balaban J connectivity index is 1.74. The normalized spacial score (nSPS) is 16.2. The van der Waals surface area contributed by atoms with Crippen molar-refractivity contribution in [3.8, 4) is 0 Å². The van der Waals surface area contributed by atoms with Crippen LogP contribution in [0.2, 0.25) is 0 Å². The van der Waals surface area contributed by atoms with Crippen molar-refractivity contribution < 1.29 is 9.53 Å². The molecule has 0 unspecified atom stereocenters. The van der Waals surface area contributed by atoms with E-state index in [9.17, 15) is 4.79 Å². The fourth-order valence-electron chi connectivity index (χ4n) is 2.29. The molecule has 1 amide bonds. The van der Waals surface area contributed by atoms with E-state index in [2.05, 4.69) is 27.3 Å². The van der Waals surface area contributed by atoms with Crippen LogP contribution in [0.1, 0.15) is 5.56 Å². The van der Waals surface area contributed by atoms with Crippen molar-refractivity contribution in [2.45, 2.75) is 6.54 Å². The Morgan fingerprint density at radius 2 is 2.24 bits per heavy atom. The van der Waals surface area contributed by atoms with Gasteiger partial charge >= 0.3 is 0 Å². The van der Waals surface area contributed by atoms with E-state index in [0.717, 1.165) is 43.1 Å². The van der Waals surface area contributed by atoms with Crippen molar-refractivity contribution in [3.05, 3.63) is 23.8 Å². The molecule has 1 aromatic heterocycles. The maximum absolute atomic E-state index is 11.3. The van der Waals surface area contributed by atoms with E-state index < -0.39 is 0 Å². The number of anilines is 1. The van der Waals surface area contributed by atoms with Gasteiger partial charge in [0.2, 0.25) is 5.91 Å². The molecule has 7 heteroatoms. The summed E-state index contributed by atoms with van der Waals surface area (Å²) in [6, 6.07) is 6.22. The molecule has 1 aliphatic heterocycles. The van der Waals surface area contributed by atoms with Crippen molar-refractivity contribution in [3.63, 3.8) is 0 Å². The summed E-state index contributed by atoms with van der Waals surface area (Å²) in [6.07, 6.45) is 0. The van der Waals surface area contributed by atoms with Gasteiger partial charge in [-0.3, -0.25) is 9.69 Å². The summed E-state index contributed by atoms with van der Waals surface area (Å²) in [5.74, 6) is -0.289. The second kappa shape index (κ2) is 6.70. The van der Waals surface area contributed by atoms with E-state index in [-0.39, 0.29) is 11.8 Å². The largest absolute Gasteiger partial charge is 0.379 e. The van der Waals surface area contributed by atoms with Crippen LogP contribution < -0.4 is 5.32 Å². The molecule has 1 N–H and O–H groups in total. The molecule has 1 saturated heterocycles. The first-order chi connectivity index (χ1) is 10.2. The molecule has 5 nitrogen and oxygen atoms in total. The number of thiazole rings is 1. The number of alkyl halides is 1. The van der Waals surface area contributed by atoms with Crippen LogP contribution in [0.3, 0.4) is 0 Å². The molecular formula is C14H16ClN3O2S. The molecule has 2 aromatic rings. The third-order valence-corrected chi connectivity index (χ3v) is 4.51. The van der Waals surface area contributed by atoms with Gasteiger partial charge in [0.05, 0.1) is 23.4 Å². The topological polar surface area (TPSA) is 54.5 Å². The fourth-order valence-corrected chi connectivity index (χ4v) is 3.30. The first-order valence-electron chi connectivity index (χ1n) is 6.80. The van der Waals surface area contributed by atoms with Crippen LogP contribution in [0.4, 0.5) is 5.13 Å². The highest BCUT2D eigenvalue weighted by atomic mass is 35.5. The first kappa shape index (κ1) is 14.7. The fraction of sp³-hybridized carbons (Fsp3) is 0.429. The lowest BCUT2D eigenvalue weighted by Gasteiger charge is -2.26. The zero-order valence-electron chi connectivity index (χ0n) is 11.5. The molecule has 1 aromatic carbocycles. The van der Waals surface area contributed by atoms with Crippen LogP contribution in [0, 0.1) is 0 Å². The third kappa shape index (κ3) is 3.71. The van der Waals surface area contributed by atoms with Gasteiger partial charge in [0.25, 0.3) is 0 Å². The average Bonchev–Trinajstić information content (AvgIpc) is 2.89. The number of hydrogen-bond acceptors (Lipinski definition) is 5. The molecule has 0 saturated carbocycles. The van der Waals surface area contributed by atoms with E-state index in [1.54, 1.807) is 0 Å². The molecule has 0 radical (unpaired) electrons. The van der Waals surface area contributed by atoms with Gasteiger partial charge in [0.1, 0.15) is 5.88 Å². The van der Waals surface area contributed by atoms with Gasteiger partial charge in [-0.25, -0.2) is 4.98 Å². The number of rotatable bonds is 4. The van der Waals surface area contributed by atoms with Crippen molar-refractivity contribution in [2.24, 2.45) is 0 Å². The number of fused-ring (bicyclic) bond motifs is 1. The summed E-state index contributed by atoms with van der Waals surface area (Å²) < 4.78 is 6.43. The highest BCUT2D eigenvalue weighted by Gasteiger charge is 2.12. The number of aromatic nitrogens is 1. The number of morpholine rings is 1. The summed E-state index contributed by atoms with van der Waals surface area (Å²) in [4.78, 5) is 18.1. The molecule has 1 fully saturated rings. The van der Waals surface area contributed by atoms with E-state index in [4.69, 9.17) is 16.3 Å². The zero-order chi connectivity index (χ0) is 14.7. The lowest BCUT2D eigenvalue weighted by Crippen LogP contribution is -2.35. The van der Waals surface area contributed by atoms with Crippen molar-refractivity contribution in [2.75, 3.05) is 37.5 Å². The standard InChI is InChI=1S/C14H16ClN3O2S/c15-8-13(19)17-14-16-11-2-1-10(7-12(11)21-14)9-18-3-5-20-6-4-18/h1-2,7H,3-6,8-9H2,(H,16,17,19). The van der Waals surface area contributed by atoms with Crippen molar-refractivity contribution in [1.82, 2.24) is 9.88 Å². The van der Waals surface area contributed by atoms with Crippen molar-refractivity contribution >= 4 is 44.2 Å². The molecule has 21 heavy (non-hydrogen) atoms. The van der Waals surface area contributed by atoms with Gasteiger partial charge in [-0.1, -0.05) is 17.4 Å². The Bertz CT molecular complexity index is 640. The van der Waals surface area contributed by atoms with Crippen LogP contribution in [0.5, 0.6) is 0 Å². The summed E-state index contributed by atoms with van der Waals surface area (Å²) in [5.41, 5.74) is 2.15. The number of nitrogens with zero attached hydrogens (tertiary/aromatic N) is 2. The molecule has 0 bridgehead atoms. The predicted octanol–water partition coefficient (Wildman–Crippen LogP) is 2.31. The van der Waals surface area contributed by atoms with E-state index in [1.165, 1.54) is 16.9 Å². The third-order valence-electron chi connectivity index (χ3n) is 3.33. The van der Waals surface area contributed by atoms with Crippen molar-refractivity contribution in [1.29, 1.82) is 0 Å². The summed E-state index contributed by atoms with van der Waals surface area (Å²) in [7, 11) is 0. The number of amides is 1. The number of carbonyl (C=O) groups excluding carboxylic acids is 1. The number of halogens is 1. The van der Waals surface area contributed by atoms with Gasteiger partial charge < -0.3 is 10.1 Å². The Morgan fingerprint density at radius 1 is 1.43 bits per heavy atom. The zero-order valence-corrected chi connectivity index (χ0v) is 13.0. The molecule has 0 atom stereocenters. The van der Waals surface area contributed by atoms with Gasteiger partial charge in [-0.15, -0.1) is 11.6 Å². The maximum Gasteiger partial charge on any atom is 0.241 e. The molecule has 2 heterocycles. The Hall–Kier alpha value is -1.21. The molecule has 3 rings (SSSR count). The molecule has 1 aliphatic rings. The lowest BCUT2D eigenvalue weighted by atomic mass is 10.2. The quantitative estimate of drug-likeness (QED) is 0.876. The minimum atomic E-state index is -0.232. The average molecular weight is 326 g/mol. The minimum absolute atomic E-state index is 0.0573. The van der Waals surface area contributed by atoms with E-state index in [1.807, 2.05) is 6.07 Å². The lowest BCUT2D eigenvalue weighted by molar-refractivity contribution is -0.113. The SMILES string of the molecule is O=C(CCl)Nc1nc2ccc(CN3CCOCC3)cc2s1. The van der Waals surface area contributed by atoms with Gasteiger partial charge in [0.15, 0.2) is 5.13 Å². The summed E-state index contributed by atoms with van der Waals surface area (Å²) in [6.45, 7) is 4.46. The van der Waals surface area contributed by atoms with Gasteiger partial charge in [-0.05, 0) is 17.7 Å². The number of benzene rings is 1. The second-order valence-corrected chi connectivity index (χ2v) is 6.19. The van der Waals surface area contributed by atoms with Crippen LogP contribution in [0.15, 0.2) is 18.2 Å². The number of hydrogen-bond donors (Lipinski definition) is 1. The molecule has 0 spiro atoms. The van der Waals surface area contributed by atoms with Crippen LogP contribution in [0.25, 0.3) is 10.2 Å². The smallest absolute Gasteiger partial charge is 0.241 e. The second-order valence-electron chi connectivity index (χ2n) is 4.89. The van der Waals surface area contributed by atoms with Gasteiger partial charge in [0, 0.05) is 19.6 Å².